The Balaban J connectivity index is 0.000000184. The van der Waals surface area contributed by atoms with Crippen LogP contribution in [-0.2, 0) is 0 Å². The third-order valence-electron chi connectivity index (χ3n) is 2.26. The van der Waals surface area contributed by atoms with Crippen molar-refractivity contribution in [2.24, 2.45) is 0 Å². The zero-order valence-electron chi connectivity index (χ0n) is 9.99. The number of rotatable bonds is 1. The first-order valence-electron chi connectivity index (χ1n) is 5.40. The lowest BCUT2D eigenvalue weighted by Crippen LogP contribution is -2.29. The Bertz CT molecular complexity index is 462. The van der Waals surface area contributed by atoms with Crippen LogP contribution in [0.4, 0.5) is 0 Å². The van der Waals surface area contributed by atoms with Gasteiger partial charge < -0.3 is 20.3 Å². The average molecular weight is 246 g/mol. The monoisotopic (exact) mass is 246 g/mol. The van der Waals surface area contributed by atoms with Crippen molar-refractivity contribution in [2.45, 2.75) is 6.92 Å². The Hall–Kier alpha value is -1.98. The fraction of sp³-hybridized carbons (Fsp3) is 0.0769. The fourth-order valence-electron chi connectivity index (χ4n) is 1.20. The van der Waals surface area contributed by atoms with Gasteiger partial charge in [-0.1, -0.05) is 42.0 Å². The number of benzene rings is 2. The van der Waals surface area contributed by atoms with Gasteiger partial charge in [-0.15, -0.1) is 0 Å². The van der Waals surface area contributed by atoms with Crippen LogP contribution in [0.15, 0.2) is 48.5 Å². The average Bonchev–Trinajstić information content (AvgIpc) is 2.34. The van der Waals surface area contributed by atoms with Gasteiger partial charge >= 0.3 is 7.12 Å². The van der Waals surface area contributed by atoms with E-state index < -0.39 is 7.12 Å². The van der Waals surface area contributed by atoms with Crippen LogP contribution in [0.25, 0.3) is 0 Å². The first-order valence-corrected chi connectivity index (χ1v) is 5.40. The smallest absolute Gasteiger partial charge is 0.488 e. The van der Waals surface area contributed by atoms with Crippen LogP contribution in [0.1, 0.15) is 5.56 Å². The Morgan fingerprint density at radius 2 is 1.22 bits per heavy atom. The van der Waals surface area contributed by atoms with E-state index in [4.69, 9.17) is 20.3 Å². The first-order chi connectivity index (χ1) is 8.50. The maximum Gasteiger partial charge on any atom is 0.488 e. The SMILES string of the molecule is Cc1ccc(B(O)O)cc1.Oc1ccccc1O. The maximum absolute atomic E-state index is 8.67. The minimum atomic E-state index is -1.35. The molecule has 0 saturated carbocycles. The van der Waals surface area contributed by atoms with E-state index in [2.05, 4.69) is 0 Å². The van der Waals surface area contributed by atoms with Crippen molar-refractivity contribution >= 4 is 12.6 Å². The van der Waals surface area contributed by atoms with E-state index in [9.17, 15) is 0 Å². The lowest BCUT2D eigenvalue weighted by atomic mass is 9.80. The number of phenolic OH excluding ortho intramolecular Hbond substituents is 2. The molecule has 0 spiro atoms. The number of aryl methyl sites for hydroxylation is 1. The molecule has 2 aromatic carbocycles. The number of hydrogen-bond acceptors (Lipinski definition) is 4. The van der Waals surface area contributed by atoms with Crippen molar-refractivity contribution in [3.63, 3.8) is 0 Å². The molecular weight excluding hydrogens is 231 g/mol. The Labute approximate surface area is 106 Å². The van der Waals surface area contributed by atoms with Crippen LogP contribution in [0, 0.1) is 6.92 Å². The van der Waals surface area contributed by atoms with Gasteiger partial charge in [0, 0.05) is 0 Å². The minimum Gasteiger partial charge on any atom is -0.504 e. The van der Waals surface area contributed by atoms with Crippen LogP contribution in [0.3, 0.4) is 0 Å². The van der Waals surface area contributed by atoms with E-state index in [0.29, 0.717) is 5.46 Å². The first kappa shape index (κ1) is 14.1. The van der Waals surface area contributed by atoms with E-state index in [1.54, 1.807) is 24.3 Å². The number of phenols is 2. The number of para-hydroxylation sites is 2. The summed E-state index contributed by atoms with van der Waals surface area (Å²) in [6.07, 6.45) is 0. The third-order valence-corrected chi connectivity index (χ3v) is 2.26. The summed E-state index contributed by atoms with van der Waals surface area (Å²) in [5, 5.41) is 34.7. The molecule has 4 nitrogen and oxygen atoms in total. The number of hydrogen-bond donors (Lipinski definition) is 4. The molecule has 0 aliphatic rings. The Morgan fingerprint density at radius 3 is 1.56 bits per heavy atom. The van der Waals surface area contributed by atoms with Crippen molar-refractivity contribution in [2.75, 3.05) is 0 Å². The highest BCUT2D eigenvalue weighted by atomic mass is 16.4. The van der Waals surface area contributed by atoms with Gasteiger partial charge in [-0.2, -0.15) is 0 Å². The zero-order valence-corrected chi connectivity index (χ0v) is 9.99. The second-order valence-corrected chi connectivity index (χ2v) is 3.77. The molecule has 0 unspecified atom stereocenters. The van der Waals surface area contributed by atoms with Crippen molar-refractivity contribution in [3.05, 3.63) is 54.1 Å². The molecule has 2 rings (SSSR count). The second-order valence-electron chi connectivity index (χ2n) is 3.77. The van der Waals surface area contributed by atoms with Gasteiger partial charge in [-0.05, 0) is 24.5 Å². The standard InChI is InChI=1S/C7H9BO2.C6H6O2/c1-6-2-4-7(5-3-6)8(9)10;7-5-3-1-2-4-6(5)8/h2-5,9-10H,1H3;1-4,7-8H. The third kappa shape index (κ3) is 4.49. The molecule has 0 bridgehead atoms. The van der Waals surface area contributed by atoms with Gasteiger partial charge in [0.2, 0.25) is 0 Å². The van der Waals surface area contributed by atoms with Gasteiger partial charge in [0.05, 0.1) is 0 Å². The van der Waals surface area contributed by atoms with E-state index >= 15 is 0 Å². The molecule has 18 heavy (non-hydrogen) atoms. The molecule has 0 heterocycles. The van der Waals surface area contributed by atoms with Crippen molar-refractivity contribution in [3.8, 4) is 11.5 Å². The Kier molecular flexibility index (Phi) is 5.23. The largest absolute Gasteiger partial charge is 0.504 e. The maximum atomic E-state index is 8.67. The summed E-state index contributed by atoms with van der Waals surface area (Å²) in [7, 11) is -1.35. The summed E-state index contributed by atoms with van der Waals surface area (Å²) in [5.74, 6) is -0.153. The molecule has 0 aromatic heterocycles. The van der Waals surface area contributed by atoms with Crippen LogP contribution < -0.4 is 5.46 Å². The van der Waals surface area contributed by atoms with Crippen LogP contribution >= 0.6 is 0 Å². The molecule has 0 aliphatic heterocycles. The van der Waals surface area contributed by atoms with E-state index in [-0.39, 0.29) is 11.5 Å². The van der Waals surface area contributed by atoms with E-state index in [1.807, 2.05) is 19.1 Å². The van der Waals surface area contributed by atoms with Crippen LogP contribution in [-0.4, -0.2) is 27.4 Å². The molecule has 4 N–H and O–H groups in total. The summed E-state index contributed by atoms with van der Waals surface area (Å²) in [5.41, 5.74) is 1.65. The lowest BCUT2D eigenvalue weighted by molar-refractivity contribution is 0.404. The second kappa shape index (κ2) is 6.69. The molecule has 0 fully saturated rings. The Morgan fingerprint density at radius 1 is 0.778 bits per heavy atom. The van der Waals surface area contributed by atoms with Gasteiger partial charge in [-0.3, -0.25) is 0 Å². The van der Waals surface area contributed by atoms with Crippen LogP contribution in [0.5, 0.6) is 11.5 Å². The van der Waals surface area contributed by atoms with Gasteiger partial charge in [-0.25, -0.2) is 0 Å². The molecule has 5 heteroatoms. The molecule has 94 valence electrons. The molecular formula is C13H15BO4. The van der Waals surface area contributed by atoms with E-state index in [0.717, 1.165) is 5.56 Å². The van der Waals surface area contributed by atoms with Gasteiger partial charge in [0.15, 0.2) is 11.5 Å². The summed E-state index contributed by atoms with van der Waals surface area (Å²) >= 11 is 0. The summed E-state index contributed by atoms with van der Waals surface area (Å²) in [6.45, 7) is 1.95. The number of aromatic hydroxyl groups is 2. The quantitative estimate of drug-likeness (QED) is 0.442. The van der Waals surface area contributed by atoms with Crippen molar-refractivity contribution in [1.29, 1.82) is 0 Å². The van der Waals surface area contributed by atoms with Crippen LogP contribution in [0.2, 0.25) is 0 Å². The predicted octanol–water partition coefficient (Wildman–Crippen LogP) is 0.773. The van der Waals surface area contributed by atoms with Crippen molar-refractivity contribution < 1.29 is 20.3 Å². The minimum absolute atomic E-state index is 0.0764. The molecule has 0 atom stereocenters. The summed E-state index contributed by atoms with van der Waals surface area (Å²) < 4.78 is 0. The van der Waals surface area contributed by atoms with Gasteiger partial charge in [0.1, 0.15) is 0 Å². The van der Waals surface area contributed by atoms with Gasteiger partial charge in [0.25, 0.3) is 0 Å². The highest BCUT2D eigenvalue weighted by molar-refractivity contribution is 6.58. The fourth-order valence-corrected chi connectivity index (χ4v) is 1.20. The van der Waals surface area contributed by atoms with Crippen molar-refractivity contribution in [1.82, 2.24) is 0 Å². The lowest BCUT2D eigenvalue weighted by Gasteiger charge is -1.97. The predicted molar refractivity (Wildman–Crippen MR) is 70.8 cm³/mol. The summed E-state index contributed by atoms with van der Waals surface area (Å²) in [6, 6.07) is 13.2. The zero-order chi connectivity index (χ0) is 13.5. The highest BCUT2D eigenvalue weighted by Gasteiger charge is 2.08. The molecule has 2 aromatic rings. The molecule has 0 radical (unpaired) electrons. The highest BCUT2D eigenvalue weighted by Crippen LogP contribution is 2.21. The molecule has 0 saturated heterocycles. The van der Waals surface area contributed by atoms with E-state index in [1.165, 1.54) is 12.1 Å². The summed E-state index contributed by atoms with van der Waals surface area (Å²) in [4.78, 5) is 0. The normalized spacial score (nSPS) is 9.28. The topological polar surface area (TPSA) is 80.9 Å². The molecule has 0 amide bonds. The molecule has 0 aliphatic carbocycles.